The predicted molar refractivity (Wildman–Crippen MR) is 46.3 cm³/mol. The Morgan fingerprint density at radius 1 is 1.45 bits per heavy atom. The molecule has 0 saturated carbocycles. The molecule has 0 spiro atoms. The molecule has 0 unspecified atom stereocenters. The van der Waals surface area contributed by atoms with Crippen molar-refractivity contribution in [1.82, 2.24) is 4.90 Å². The topological polar surface area (TPSA) is 24.8 Å². The first-order chi connectivity index (χ1) is 5.33. The third-order valence-corrected chi connectivity index (χ3v) is 1.94. The highest BCUT2D eigenvalue weighted by Gasteiger charge is 2.09. The van der Waals surface area contributed by atoms with Gasteiger partial charge in [-0.05, 0) is 6.92 Å². The molecule has 0 atom stereocenters. The van der Waals surface area contributed by atoms with Gasteiger partial charge in [-0.25, -0.2) is 0 Å². The quantitative estimate of drug-likeness (QED) is 0.541. The number of hydrogen-bond donors (Lipinski definition) is 0. The second-order valence-corrected chi connectivity index (χ2v) is 2.85. The number of ether oxygens (including phenoxy) is 1. The first kappa shape index (κ1) is 8.68. The molecule has 3 heteroatoms. The summed E-state index contributed by atoms with van der Waals surface area (Å²) in [6.45, 7) is 6.91. The summed E-state index contributed by atoms with van der Waals surface area (Å²) in [6, 6.07) is 0. The van der Waals surface area contributed by atoms with Gasteiger partial charge in [0.15, 0.2) is 0 Å². The highest BCUT2D eigenvalue weighted by atomic mass is 16.5. The fraction of sp³-hybridized carbons (Fsp3) is 0.875. The van der Waals surface area contributed by atoms with Crippen LogP contribution in [0.25, 0.3) is 0 Å². The Kier molecular flexibility index (Phi) is 3.52. The molecule has 0 aromatic rings. The second-order valence-electron chi connectivity index (χ2n) is 2.85. The first-order valence-corrected chi connectivity index (χ1v) is 4.05. The van der Waals surface area contributed by atoms with Gasteiger partial charge < -0.3 is 4.74 Å². The molecule has 1 fully saturated rings. The number of hydrogen-bond acceptors (Lipinski definition) is 3. The second kappa shape index (κ2) is 4.46. The van der Waals surface area contributed by atoms with Crippen LogP contribution in [0.2, 0.25) is 0 Å². The van der Waals surface area contributed by atoms with Gasteiger partial charge in [0.2, 0.25) is 0 Å². The molecule has 0 bridgehead atoms. The van der Waals surface area contributed by atoms with Crippen LogP contribution in [0.1, 0.15) is 6.92 Å². The molecule has 1 rings (SSSR count). The van der Waals surface area contributed by atoms with Gasteiger partial charge in [0.1, 0.15) is 0 Å². The van der Waals surface area contributed by atoms with Gasteiger partial charge >= 0.3 is 0 Å². The van der Waals surface area contributed by atoms with Crippen molar-refractivity contribution in [1.29, 1.82) is 0 Å². The molecule has 0 aromatic carbocycles. The Morgan fingerprint density at radius 2 is 2.09 bits per heavy atom. The molecule has 0 aromatic heterocycles. The van der Waals surface area contributed by atoms with Crippen LogP contribution < -0.4 is 0 Å². The fourth-order valence-electron chi connectivity index (χ4n) is 1.15. The Morgan fingerprint density at radius 3 is 2.64 bits per heavy atom. The molecule has 1 aliphatic heterocycles. The average Bonchev–Trinajstić information content (AvgIpc) is 2.06. The summed E-state index contributed by atoms with van der Waals surface area (Å²) in [4.78, 5) is 6.48. The Balaban J connectivity index is 2.24. The Labute approximate surface area is 68.1 Å². The van der Waals surface area contributed by atoms with E-state index in [9.17, 15) is 0 Å². The lowest BCUT2D eigenvalue weighted by Crippen LogP contribution is -2.39. The Bertz CT molecular complexity index is 139. The van der Waals surface area contributed by atoms with E-state index < -0.39 is 0 Å². The molecule has 1 heterocycles. The van der Waals surface area contributed by atoms with Gasteiger partial charge in [0.25, 0.3) is 0 Å². The van der Waals surface area contributed by atoms with E-state index in [1.807, 2.05) is 7.05 Å². The summed E-state index contributed by atoms with van der Waals surface area (Å²) < 4.78 is 5.23. The zero-order valence-electron chi connectivity index (χ0n) is 7.34. The summed E-state index contributed by atoms with van der Waals surface area (Å²) in [5.41, 5.74) is 1.20. The first-order valence-electron chi connectivity index (χ1n) is 4.05. The number of morpholine rings is 1. The lowest BCUT2D eigenvalue weighted by molar-refractivity contribution is 0.0452. The third kappa shape index (κ3) is 2.99. The van der Waals surface area contributed by atoms with Crippen molar-refractivity contribution in [3.63, 3.8) is 0 Å². The summed E-state index contributed by atoms with van der Waals surface area (Å²) >= 11 is 0. The van der Waals surface area contributed by atoms with Crippen LogP contribution in [-0.2, 0) is 4.74 Å². The highest BCUT2D eigenvalue weighted by Crippen LogP contribution is 1.96. The molecule has 1 saturated heterocycles. The minimum absolute atomic E-state index is 0.872. The van der Waals surface area contributed by atoms with Crippen LogP contribution >= 0.6 is 0 Å². The normalized spacial score (nSPS) is 22.2. The molecular formula is C8H16N2O. The molecule has 0 N–H and O–H groups in total. The molecular weight excluding hydrogens is 140 g/mol. The number of rotatable bonds is 2. The van der Waals surface area contributed by atoms with E-state index in [0.29, 0.717) is 0 Å². The van der Waals surface area contributed by atoms with Crippen LogP contribution in [0, 0.1) is 0 Å². The Hall–Kier alpha value is -0.410. The molecule has 11 heavy (non-hydrogen) atoms. The van der Waals surface area contributed by atoms with Gasteiger partial charge in [0, 0.05) is 32.4 Å². The van der Waals surface area contributed by atoms with Crippen LogP contribution in [0.5, 0.6) is 0 Å². The van der Waals surface area contributed by atoms with E-state index in [1.165, 1.54) is 5.71 Å². The van der Waals surface area contributed by atoms with Crippen molar-refractivity contribution >= 4 is 5.71 Å². The maximum absolute atomic E-state index is 5.23. The fourth-order valence-corrected chi connectivity index (χ4v) is 1.15. The monoisotopic (exact) mass is 156 g/mol. The minimum atomic E-state index is 0.872. The maximum atomic E-state index is 5.23. The van der Waals surface area contributed by atoms with Gasteiger partial charge in [-0.1, -0.05) is 0 Å². The van der Waals surface area contributed by atoms with E-state index in [-0.39, 0.29) is 0 Å². The van der Waals surface area contributed by atoms with Crippen LogP contribution in [0.3, 0.4) is 0 Å². The van der Waals surface area contributed by atoms with E-state index in [2.05, 4.69) is 16.8 Å². The predicted octanol–water partition coefficient (Wildman–Crippen LogP) is 0.409. The lowest BCUT2D eigenvalue weighted by atomic mass is 10.3. The van der Waals surface area contributed by atoms with Crippen LogP contribution in [0.4, 0.5) is 0 Å². The van der Waals surface area contributed by atoms with E-state index in [4.69, 9.17) is 4.74 Å². The standard InChI is InChI=1S/C8H16N2O/c1-8(9-2)7-10-3-5-11-6-4-10/h3-7H2,1-2H3. The van der Waals surface area contributed by atoms with Crippen molar-refractivity contribution in [3.8, 4) is 0 Å². The zero-order chi connectivity index (χ0) is 8.10. The summed E-state index contributed by atoms with van der Waals surface area (Å²) in [5, 5.41) is 0. The molecule has 0 aliphatic carbocycles. The van der Waals surface area contributed by atoms with Gasteiger partial charge in [-0.2, -0.15) is 0 Å². The van der Waals surface area contributed by atoms with E-state index in [0.717, 1.165) is 32.8 Å². The average molecular weight is 156 g/mol. The van der Waals surface area contributed by atoms with E-state index in [1.54, 1.807) is 0 Å². The largest absolute Gasteiger partial charge is 0.379 e. The third-order valence-electron chi connectivity index (χ3n) is 1.94. The minimum Gasteiger partial charge on any atom is -0.379 e. The summed E-state index contributed by atoms with van der Waals surface area (Å²) in [6.07, 6.45) is 0. The highest BCUT2D eigenvalue weighted by molar-refractivity contribution is 5.83. The van der Waals surface area contributed by atoms with Crippen molar-refractivity contribution in [2.24, 2.45) is 4.99 Å². The molecule has 1 aliphatic rings. The summed E-state index contributed by atoms with van der Waals surface area (Å²) in [7, 11) is 1.84. The van der Waals surface area contributed by atoms with Crippen molar-refractivity contribution < 1.29 is 4.74 Å². The van der Waals surface area contributed by atoms with Crippen LogP contribution in [0.15, 0.2) is 4.99 Å². The van der Waals surface area contributed by atoms with Crippen molar-refractivity contribution in [2.45, 2.75) is 6.92 Å². The van der Waals surface area contributed by atoms with Crippen LogP contribution in [-0.4, -0.2) is 50.5 Å². The number of nitrogens with zero attached hydrogens (tertiary/aromatic N) is 2. The number of aliphatic imine (C=N–C) groups is 1. The molecule has 0 radical (unpaired) electrons. The van der Waals surface area contributed by atoms with Gasteiger partial charge in [-0.3, -0.25) is 9.89 Å². The molecule has 0 amide bonds. The zero-order valence-corrected chi connectivity index (χ0v) is 7.34. The molecule has 3 nitrogen and oxygen atoms in total. The van der Waals surface area contributed by atoms with E-state index >= 15 is 0 Å². The van der Waals surface area contributed by atoms with Crippen molar-refractivity contribution in [3.05, 3.63) is 0 Å². The summed E-state index contributed by atoms with van der Waals surface area (Å²) in [5.74, 6) is 0. The van der Waals surface area contributed by atoms with Gasteiger partial charge in [0.05, 0.1) is 13.2 Å². The molecule has 64 valence electrons. The smallest absolute Gasteiger partial charge is 0.0594 e. The lowest BCUT2D eigenvalue weighted by Gasteiger charge is -2.26. The SMILES string of the molecule is CN=C(C)CN1CCOCC1. The van der Waals surface area contributed by atoms with Crippen molar-refractivity contribution in [2.75, 3.05) is 39.9 Å². The van der Waals surface area contributed by atoms with Gasteiger partial charge in [-0.15, -0.1) is 0 Å². The maximum Gasteiger partial charge on any atom is 0.0594 e.